The van der Waals surface area contributed by atoms with Crippen molar-refractivity contribution in [2.24, 2.45) is 0 Å². The van der Waals surface area contributed by atoms with Gasteiger partial charge in [0.15, 0.2) is 0 Å². The van der Waals surface area contributed by atoms with Gasteiger partial charge in [-0.05, 0) is 71.6 Å². The molecular weight excluding hydrogens is 340 g/mol. The van der Waals surface area contributed by atoms with E-state index < -0.39 is 0 Å². The first-order chi connectivity index (χ1) is 10.7. The third-order valence-electron chi connectivity index (χ3n) is 4.50. The monoisotopic (exact) mass is 360 g/mol. The number of ether oxygens (including phenoxy) is 1. The van der Waals surface area contributed by atoms with E-state index in [4.69, 9.17) is 4.74 Å². The van der Waals surface area contributed by atoms with Gasteiger partial charge >= 0.3 is 0 Å². The van der Waals surface area contributed by atoms with Crippen LogP contribution in [0.4, 0.5) is 0 Å². The third kappa shape index (κ3) is 3.18. The Kier molecular flexibility index (Phi) is 4.79. The molecule has 1 aromatic carbocycles. The first-order valence-electron chi connectivity index (χ1n) is 7.69. The Morgan fingerprint density at radius 2 is 2.05 bits per heavy atom. The number of pyridine rings is 1. The summed E-state index contributed by atoms with van der Waals surface area (Å²) in [5.41, 5.74) is 2.63. The molecule has 22 heavy (non-hydrogen) atoms. The zero-order valence-corrected chi connectivity index (χ0v) is 14.6. The summed E-state index contributed by atoms with van der Waals surface area (Å²) in [6.07, 6.45) is 6.26. The van der Waals surface area contributed by atoms with E-state index >= 15 is 0 Å². The number of benzene rings is 1. The predicted octanol–water partition coefficient (Wildman–Crippen LogP) is 4.75. The van der Waals surface area contributed by atoms with E-state index in [0.29, 0.717) is 12.1 Å². The Hall–Kier alpha value is -1.39. The molecule has 2 aromatic rings. The van der Waals surface area contributed by atoms with Gasteiger partial charge in [-0.15, -0.1) is 0 Å². The number of aromatic nitrogens is 1. The number of likely N-dealkylation sites (tertiary alicyclic amines) is 1. The Labute approximate surface area is 140 Å². The molecule has 1 fully saturated rings. The van der Waals surface area contributed by atoms with Crippen molar-refractivity contribution in [3.8, 4) is 5.75 Å². The summed E-state index contributed by atoms with van der Waals surface area (Å²) < 4.78 is 6.30. The second-order valence-electron chi connectivity index (χ2n) is 5.78. The van der Waals surface area contributed by atoms with Gasteiger partial charge in [0.2, 0.25) is 0 Å². The molecule has 3 nitrogen and oxygen atoms in total. The van der Waals surface area contributed by atoms with E-state index in [2.05, 4.69) is 50.9 Å². The van der Waals surface area contributed by atoms with Crippen LogP contribution in [0, 0.1) is 0 Å². The molecule has 0 radical (unpaired) electrons. The highest BCUT2D eigenvalue weighted by Gasteiger charge is 2.30. The average molecular weight is 361 g/mol. The van der Waals surface area contributed by atoms with E-state index in [1.54, 1.807) is 7.11 Å². The van der Waals surface area contributed by atoms with Crippen LogP contribution in [-0.2, 0) is 0 Å². The normalized spacial score (nSPS) is 20.0. The van der Waals surface area contributed by atoms with Gasteiger partial charge in [0.05, 0.1) is 7.11 Å². The highest BCUT2D eigenvalue weighted by atomic mass is 79.9. The van der Waals surface area contributed by atoms with Crippen LogP contribution in [0.3, 0.4) is 0 Å². The van der Waals surface area contributed by atoms with Crippen molar-refractivity contribution in [3.05, 3.63) is 58.3 Å². The molecule has 0 aliphatic carbocycles. The van der Waals surface area contributed by atoms with Crippen molar-refractivity contribution in [3.63, 3.8) is 0 Å². The molecule has 1 aromatic heterocycles. The van der Waals surface area contributed by atoms with Gasteiger partial charge in [-0.1, -0.05) is 12.1 Å². The van der Waals surface area contributed by atoms with Crippen LogP contribution in [0.15, 0.2) is 47.2 Å². The molecular formula is C18H21BrN2O. The number of hydrogen-bond donors (Lipinski definition) is 0. The Bertz CT molecular complexity index is 629. The molecule has 4 heteroatoms. The lowest BCUT2D eigenvalue weighted by Crippen LogP contribution is -2.26. The average Bonchev–Trinajstić information content (AvgIpc) is 3.04. The van der Waals surface area contributed by atoms with Crippen LogP contribution in [0.2, 0.25) is 0 Å². The van der Waals surface area contributed by atoms with Gasteiger partial charge in [0.1, 0.15) is 5.75 Å². The zero-order valence-electron chi connectivity index (χ0n) is 13.0. The number of methoxy groups -OCH3 is 1. The SMILES string of the molecule is COc1ccc([C@H](C)N2CCCC2c2cncc(Br)c2)cc1. The third-order valence-corrected chi connectivity index (χ3v) is 4.93. The minimum atomic E-state index is 0.386. The number of rotatable bonds is 4. The number of hydrogen-bond acceptors (Lipinski definition) is 3. The summed E-state index contributed by atoms with van der Waals surface area (Å²) in [5.74, 6) is 0.908. The topological polar surface area (TPSA) is 25.4 Å². The summed E-state index contributed by atoms with van der Waals surface area (Å²) in [6, 6.07) is 11.4. The fraction of sp³-hybridized carbons (Fsp3) is 0.389. The molecule has 0 bridgehead atoms. The van der Waals surface area contributed by atoms with Crippen LogP contribution in [-0.4, -0.2) is 23.5 Å². The van der Waals surface area contributed by atoms with Crippen LogP contribution < -0.4 is 4.74 Å². The molecule has 1 aliphatic heterocycles. The van der Waals surface area contributed by atoms with Crippen molar-refractivity contribution in [2.75, 3.05) is 13.7 Å². The molecule has 1 aliphatic rings. The smallest absolute Gasteiger partial charge is 0.118 e. The first-order valence-corrected chi connectivity index (χ1v) is 8.48. The molecule has 116 valence electrons. The van der Waals surface area contributed by atoms with Crippen molar-refractivity contribution in [2.45, 2.75) is 31.8 Å². The van der Waals surface area contributed by atoms with Crippen molar-refractivity contribution in [1.29, 1.82) is 0 Å². The molecule has 0 amide bonds. The van der Waals surface area contributed by atoms with Crippen LogP contribution in [0.5, 0.6) is 5.75 Å². The summed E-state index contributed by atoms with van der Waals surface area (Å²) in [5, 5.41) is 0. The van der Waals surface area contributed by atoms with Gasteiger partial charge in [-0.25, -0.2) is 0 Å². The fourth-order valence-corrected chi connectivity index (χ4v) is 3.68. The lowest BCUT2D eigenvalue weighted by atomic mass is 10.0. The van der Waals surface area contributed by atoms with E-state index in [9.17, 15) is 0 Å². The van der Waals surface area contributed by atoms with Gasteiger partial charge in [0.25, 0.3) is 0 Å². The number of nitrogens with zero attached hydrogens (tertiary/aromatic N) is 2. The summed E-state index contributed by atoms with van der Waals surface area (Å²) in [7, 11) is 1.70. The maximum absolute atomic E-state index is 5.25. The predicted molar refractivity (Wildman–Crippen MR) is 92.0 cm³/mol. The molecule has 0 N–H and O–H groups in total. The summed E-state index contributed by atoms with van der Waals surface area (Å²) in [6.45, 7) is 3.41. The largest absolute Gasteiger partial charge is 0.497 e. The second-order valence-corrected chi connectivity index (χ2v) is 6.70. The number of halogens is 1. The van der Waals surface area contributed by atoms with Crippen molar-refractivity contribution >= 4 is 15.9 Å². The van der Waals surface area contributed by atoms with Crippen LogP contribution >= 0.6 is 15.9 Å². The standard InChI is InChI=1S/C18H21BrN2O/c1-13(14-5-7-17(22-2)8-6-14)21-9-3-4-18(21)15-10-16(19)12-20-11-15/h5-8,10-13,18H,3-4,9H2,1-2H3/t13-,18?/m0/s1. The lowest BCUT2D eigenvalue weighted by Gasteiger charge is -2.31. The Morgan fingerprint density at radius 3 is 2.73 bits per heavy atom. The van der Waals surface area contributed by atoms with Gasteiger partial charge in [-0.3, -0.25) is 9.88 Å². The minimum absolute atomic E-state index is 0.386. The lowest BCUT2D eigenvalue weighted by molar-refractivity contribution is 0.193. The molecule has 0 spiro atoms. The Morgan fingerprint density at radius 1 is 1.27 bits per heavy atom. The maximum atomic E-state index is 5.25. The van der Waals surface area contributed by atoms with E-state index in [0.717, 1.165) is 16.8 Å². The van der Waals surface area contributed by atoms with Gasteiger partial charge in [0, 0.05) is 29.0 Å². The van der Waals surface area contributed by atoms with Gasteiger partial charge in [-0.2, -0.15) is 0 Å². The van der Waals surface area contributed by atoms with E-state index in [-0.39, 0.29) is 0 Å². The second kappa shape index (κ2) is 6.80. The quantitative estimate of drug-likeness (QED) is 0.786. The van der Waals surface area contributed by atoms with Crippen molar-refractivity contribution in [1.82, 2.24) is 9.88 Å². The van der Waals surface area contributed by atoms with Crippen LogP contribution in [0.25, 0.3) is 0 Å². The maximum Gasteiger partial charge on any atom is 0.118 e. The molecule has 2 atom stereocenters. The zero-order chi connectivity index (χ0) is 15.5. The Balaban J connectivity index is 1.82. The summed E-state index contributed by atoms with van der Waals surface area (Å²) in [4.78, 5) is 6.90. The summed E-state index contributed by atoms with van der Waals surface area (Å²) >= 11 is 3.53. The molecule has 1 unspecified atom stereocenters. The van der Waals surface area contributed by atoms with E-state index in [1.807, 2.05) is 24.5 Å². The fourth-order valence-electron chi connectivity index (χ4n) is 3.30. The van der Waals surface area contributed by atoms with E-state index in [1.165, 1.54) is 24.0 Å². The minimum Gasteiger partial charge on any atom is -0.497 e. The highest BCUT2D eigenvalue weighted by Crippen LogP contribution is 2.38. The molecule has 0 saturated carbocycles. The van der Waals surface area contributed by atoms with Crippen LogP contribution in [0.1, 0.15) is 43.0 Å². The molecule has 1 saturated heterocycles. The molecule has 2 heterocycles. The first kappa shape index (κ1) is 15.5. The van der Waals surface area contributed by atoms with Crippen molar-refractivity contribution < 1.29 is 4.74 Å². The van der Waals surface area contributed by atoms with Gasteiger partial charge < -0.3 is 4.74 Å². The highest BCUT2D eigenvalue weighted by molar-refractivity contribution is 9.10. The molecule has 3 rings (SSSR count).